The molecule has 0 aromatic carbocycles. The minimum atomic E-state index is 0.816. The standard InChI is InChI=1S/C12H25N3/c13-5-10-14-8-3-12(4-9-14)11-15-6-1-2-7-15/h12H,1-11,13H2. The van der Waals surface area contributed by atoms with Gasteiger partial charge in [0.2, 0.25) is 0 Å². The predicted octanol–water partition coefficient (Wildman–Crippen LogP) is 0.753. The van der Waals surface area contributed by atoms with Crippen molar-refractivity contribution in [2.75, 3.05) is 45.8 Å². The van der Waals surface area contributed by atoms with E-state index in [4.69, 9.17) is 5.73 Å². The molecule has 2 saturated heterocycles. The molecule has 3 nitrogen and oxygen atoms in total. The van der Waals surface area contributed by atoms with Crippen LogP contribution in [0.2, 0.25) is 0 Å². The van der Waals surface area contributed by atoms with Gasteiger partial charge in [-0.2, -0.15) is 0 Å². The first-order chi connectivity index (χ1) is 7.38. The highest BCUT2D eigenvalue weighted by atomic mass is 15.2. The maximum absolute atomic E-state index is 5.58. The van der Waals surface area contributed by atoms with E-state index in [9.17, 15) is 0 Å². The maximum Gasteiger partial charge on any atom is 0.0105 e. The smallest absolute Gasteiger partial charge is 0.0105 e. The van der Waals surface area contributed by atoms with Crippen LogP contribution in [0.3, 0.4) is 0 Å². The van der Waals surface area contributed by atoms with Gasteiger partial charge in [0.1, 0.15) is 0 Å². The van der Waals surface area contributed by atoms with Crippen LogP contribution in [0.25, 0.3) is 0 Å². The third-order valence-corrected chi connectivity index (χ3v) is 3.87. The summed E-state index contributed by atoms with van der Waals surface area (Å²) in [6.07, 6.45) is 5.62. The predicted molar refractivity (Wildman–Crippen MR) is 63.9 cm³/mol. The Hall–Kier alpha value is -0.120. The summed E-state index contributed by atoms with van der Waals surface area (Å²) in [4.78, 5) is 5.17. The van der Waals surface area contributed by atoms with E-state index < -0.39 is 0 Å². The zero-order valence-electron chi connectivity index (χ0n) is 9.83. The minimum absolute atomic E-state index is 0.816. The van der Waals surface area contributed by atoms with Gasteiger partial charge in [0.15, 0.2) is 0 Å². The summed E-state index contributed by atoms with van der Waals surface area (Å²) in [7, 11) is 0. The van der Waals surface area contributed by atoms with E-state index in [1.54, 1.807) is 0 Å². The summed E-state index contributed by atoms with van der Waals surface area (Å²) in [5.74, 6) is 0.956. The minimum Gasteiger partial charge on any atom is -0.329 e. The Bertz CT molecular complexity index is 170. The molecule has 0 aromatic heterocycles. The van der Waals surface area contributed by atoms with Gasteiger partial charge in [-0.1, -0.05) is 0 Å². The summed E-state index contributed by atoms with van der Waals surface area (Å²) in [5.41, 5.74) is 5.58. The van der Waals surface area contributed by atoms with Crippen molar-refractivity contribution in [3.8, 4) is 0 Å². The Labute approximate surface area is 93.6 Å². The Morgan fingerprint density at radius 2 is 1.60 bits per heavy atom. The summed E-state index contributed by atoms with van der Waals surface area (Å²) < 4.78 is 0. The van der Waals surface area contributed by atoms with Gasteiger partial charge in [-0.15, -0.1) is 0 Å². The number of piperidine rings is 1. The molecule has 2 heterocycles. The van der Waals surface area contributed by atoms with Gasteiger partial charge in [-0.25, -0.2) is 0 Å². The average molecular weight is 211 g/mol. The largest absolute Gasteiger partial charge is 0.329 e. The van der Waals surface area contributed by atoms with Crippen LogP contribution in [0.15, 0.2) is 0 Å². The molecular formula is C12H25N3. The molecule has 0 atom stereocenters. The van der Waals surface area contributed by atoms with Crippen molar-refractivity contribution in [1.29, 1.82) is 0 Å². The topological polar surface area (TPSA) is 32.5 Å². The van der Waals surface area contributed by atoms with Crippen LogP contribution in [-0.2, 0) is 0 Å². The number of rotatable bonds is 4. The highest BCUT2D eigenvalue weighted by Gasteiger charge is 2.22. The Kier molecular flexibility index (Phi) is 4.42. The summed E-state index contributed by atoms with van der Waals surface area (Å²) in [5, 5.41) is 0. The molecule has 2 fully saturated rings. The molecule has 0 radical (unpaired) electrons. The first-order valence-corrected chi connectivity index (χ1v) is 6.53. The molecule has 0 aliphatic carbocycles. The van der Waals surface area contributed by atoms with Crippen LogP contribution in [0.4, 0.5) is 0 Å². The normalized spacial score (nSPS) is 26.2. The lowest BCUT2D eigenvalue weighted by Crippen LogP contribution is -2.40. The molecule has 3 heteroatoms. The molecule has 0 bridgehead atoms. The average Bonchev–Trinajstić information content (AvgIpc) is 2.74. The van der Waals surface area contributed by atoms with E-state index >= 15 is 0 Å². The van der Waals surface area contributed by atoms with Crippen molar-refractivity contribution in [2.24, 2.45) is 11.7 Å². The zero-order valence-corrected chi connectivity index (χ0v) is 9.83. The lowest BCUT2D eigenvalue weighted by atomic mass is 9.96. The lowest BCUT2D eigenvalue weighted by Gasteiger charge is -2.33. The molecule has 15 heavy (non-hydrogen) atoms. The van der Waals surface area contributed by atoms with E-state index in [0.29, 0.717) is 0 Å². The van der Waals surface area contributed by atoms with Crippen LogP contribution in [0.5, 0.6) is 0 Å². The molecule has 2 aliphatic heterocycles. The Morgan fingerprint density at radius 3 is 2.20 bits per heavy atom. The van der Waals surface area contributed by atoms with Crippen molar-refractivity contribution >= 4 is 0 Å². The number of nitrogens with two attached hydrogens (primary N) is 1. The van der Waals surface area contributed by atoms with Crippen molar-refractivity contribution in [2.45, 2.75) is 25.7 Å². The van der Waals surface area contributed by atoms with Crippen LogP contribution in [0, 0.1) is 5.92 Å². The molecule has 0 unspecified atom stereocenters. The second-order valence-electron chi connectivity index (χ2n) is 5.08. The van der Waals surface area contributed by atoms with Crippen LogP contribution >= 0.6 is 0 Å². The highest BCUT2D eigenvalue weighted by molar-refractivity contribution is 4.77. The van der Waals surface area contributed by atoms with Crippen LogP contribution in [0.1, 0.15) is 25.7 Å². The second-order valence-corrected chi connectivity index (χ2v) is 5.08. The first-order valence-electron chi connectivity index (χ1n) is 6.53. The van der Waals surface area contributed by atoms with Gasteiger partial charge in [-0.05, 0) is 57.8 Å². The van der Waals surface area contributed by atoms with Gasteiger partial charge in [0.05, 0.1) is 0 Å². The van der Waals surface area contributed by atoms with Crippen LogP contribution in [-0.4, -0.2) is 55.6 Å². The summed E-state index contributed by atoms with van der Waals surface area (Å²) >= 11 is 0. The molecule has 0 saturated carbocycles. The van der Waals surface area contributed by atoms with E-state index in [-0.39, 0.29) is 0 Å². The molecule has 0 spiro atoms. The molecule has 2 aliphatic rings. The lowest BCUT2D eigenvalue weighted by molar-refractivity contribution is 0.157. The molecule has 2 N–H and O–H groups in total. The monoisotopic (exact) mass is 211 g/mol. The Balaban J connectivity index is 1.64. The fourth-order valence-corrected chi connectivity index (χ4v) is 2.91. The first kappa shape index (κ1) is 11.4. The van der Waals surface area contributed by atoms with E-state index in [1.807, 2.05) is 0 Å². The number of hydrogen-bond acceptors (Lipinski definition) is 3. The molecule has 0 aromatic rings. The summed E-state index contributed by atoms with van der Waals surface area (Å²) in [6.45, 7) is 8.52. The van der Waals surface area contributed by atoms with Crippen molar-refractivity contribution in [3.63, 3.8) is 0 Å². The van der Waals surface area contributed by atoms with Gasteiger partial charge < -0.3 is 15.5 Å². The van der Waals surface area contributed by atoms with Crippen molar-refractivity contribution < 1.29 is 0 Å². The molecule has 88 valence electrons. The second kappa shape index (κ2) is 5.83. The fourth-order valence-electron chi connectivity index (χ4n) is 2.91. The van der Waals surface area contributed by atoms with E-state index in [1.165, 1.54) is 58.4 Å². The van der Waals surface area contributed by atoms with Crippen LogP contribution < -0.4 is 5.73 Å². The number of hydrogen-bond donors (Lipinski definition) is 1. The van der Waals surface area contributed by atoms with Crippen molar-refractivity contribution in [1.82, 2.24) is 9.80 Å². The fraction of sp³-hybridized carbons (Fsp3) is 1.00. The van der Waals surface area contributed by atoms with Gasteiger partial charge in [0.25, 0.3) is 0 Å². The molecule has 0 amide bonds. The van der Waals surface area contributed by atoms with Gasteiger partial charge >= 0.3 is 0 Å². The van der Waals surface area contributed by atoms with Crippen molar-refractivity contribution in [3.05, 3.63) is 0 Å². The van der Waals surface area contributed by atoms with Gasteiger partial charge in [-0.3, -0.25) is 0 Å². The zero-order chi connectivity index (χ0) is 10.5. The Morgan fingerprint density at radius 1 is 0.933 bits per heavy atom. The van der Waals surface area contributed by atoms with E-state index in [2.05, 4.69) is 9.80 Å². The highest BCUT2D eigenvalue weighted by Crippen LogP contribution is 2.20. The number of likely N-dealkylation sites (tertiary alicyclic amines) is 2. The third-order valence-electron chi connectivity index (χ3n) is 3.87. The maximum atomic E-state index is 5.58. The molecular weight excluding hydrogens is 186 g/mol. The summed E-state index contributed by atoms with van der Waals surface area (Å²) in [6, 6.07) is 0. The quantitative estimate of drug-likeness (QED) is 0.745. The van der Waals surface area contributed by atoms with E-state index in [0.717, 1.165) is 19.0 Å². The van der Waals surface area contributed by atoms with Gasteiger partial charge in [0, 0.05) is 19.6 Å². The third kappa shape index (κ3) is 3.44. The molecule has 2 rings (SSSR count). The SMILES string of the molecule is NCCN1CCC(CN2CCCC2)CC1. The number of nitrogens with zero attached hydrogens (tertiary/aromatic N) is 2.